The molecule has 0 radical (unpaired) electrons. The lowest BCUT2D eigenvalue weighted by molar-refractivity contribution is 0.129. The SMILES string of the molecule is COC(C)CNc1snc(N)c1C1CC1. The van der Waals surface area contributed by atoms with Crippen molar-refractivity contribution in [2.45, 2.75) is 31.8 Å². The van der Waals surface area contributed by atoms with Gasteiger partial charge in [-0.15, -0.1) is 0 Å². The molecule has 15 heavy (non-hydrogen) atoms. The quantitative estimate of drug-likeness (QED) is 0.808. The lowest BCUT2D eigenvalue weighted by atomic mass is 10.2. The number of nitrogens with one attached hydrogen (secondary N) is 1. The normalized spacial score (nSPS) is 17.7. The van der Waals surface area contributed by atoms with Gasteiger partial charge < -0.3 is 15.8 Å². The highest BCUT2D eigenvalue weighted by Gasteiger charge is 2.30. The highest BCUT2D eigenvalue weighted by Crippen LogP contribution is 2.47. The summed E-state index contributed by atoms with van der Waals surface area (Å²) in [4.78, 5) is 0. The molecule has 1 aliphatic carbocycles. The van der Waals surface area contributed by atoms with Crippen molar-refractivity contribution < 1.29 is 4.74 Å². The Morgan fingerprint density at radius 2 is 2.40 bits per heavy atom. The van der Waals surface area contributed by atoms with Gasteiger partial charge in [0.2, 0.25) is 0 Å². The minimum absolute atomic E-state index is 0.209. The van der Waals surface area contributed by atoms with Gasteiger partial charge in [0.05, 0.1) is 6.10 Å². The van der Waals surface area contributed by atoms with Gasteiger partial charge in [0.15, 0.2) is 0 Å². The molecule has 0 aliphatic heterocycles. The second-order valence-corrected chi connectivity index (χ2v) is 4.79. The molecule has 1 heterocycles. The number of nitrogens with two attached hydrogens (primary N) is 1. The third-order valence-corrected chi connectivity index (χ3v) is 3.53. The van der Waals surface area contributed by atoms with Gasteiger partial charge in [-0.05, 0) is 37.2 Å². The van der Waals surface area contributed by atoms with Gasteiger partial charge in [0, 0.05) is 19.2 Å². The van der Waals surface area contributed by atoms with E-state index in [1.165, 1.54) is 29.9 Å². The summed E-state index contributed by atoms with van der Waals surface area (Å²) in [7, 11) is 1.72. The molecule has 1 aromatic heterocycles. The zero-order chi connectivity index (χ0) is 10.8. The van der Waals surface area contributed by atoms with Crippen molar-refractivity contribution in [3.63, 3.8) is 0 Å². The molecule has 1 fully saturated rings. The first kappa shape index (κ1) is 10.7. The predicted molar refractivity (Wildman–Crippen MR) is 63.5 cm³/mol. The number of anilines is 2. The Kier molecular flexibility index (Phi) is 3.11. The molecule has 4 nitrogen and oxygen atoms in total. The minimum atomic E-state index is 0.209. The fraction of sp³-hybridized carbons (Fsp3) is 0.700. The highest BCUT2D eigenvalue weighted by atomic mass is 32.1. The Morgan fingerprint density at radius 3 is 3.00 bits per heavy atom. The topological polar surface area (TPSA) is 60.2 Å². The van der Waals surface area contributed by atoms with Crippen LogP contribution in [0.5, 0.6) is 0 Å². The van der Waals surface area contributed by atoms with Crippen LogP contribution in [0.3, 0.4) is 0 Å². The van der Waals surface area contributed by atoms with Crippen LogP contribution in [0.2, 0.25) is 0 Å². The first-order chi connectivity index (χ1) is 7.22. The summed E-state index contributed by atoms with van der Waals surface area (Å²) in [5.74, 6) is 1.35. The number of nitrogen functional groups attached to an aromatic ring is 1. The molecule has 5 heteroatoms. The monoisotopic (exact) mass is 227 g/mol. The minimum Gasteiger partial charge on any atom is -0.383 e. The number of aromatic nitrogens is 1. The van der Waals surface area contributed by atoms with Crippen molar-refractivity contribution in [1.82, 2.24) is 4.37 Å². The average molecular weight is 227 g/mol. The molecule has 1 unspecified atom stereocenters. The van der Waals surface area contributed by atoms with Gasteiger partial charge in [0.25, 0.3) is 0 Å². The fourth-order valence-corrected chi connectivity index (χ4v) is 2.33. The number of hydrogen-bond acceptors (Lipinski definition) is 5. The van der Waals surface area contributed by atoms with E-state index in [-0.39, 0.29) is 6.10 Å². The number of rotatable bonds is 5. The maximum absolute atomic E-state index is 5.85. The zero-order valence-corrected chi connectivity index (χ0v) is 9.93. The molecule has 1 atom stereocenters. The summed E-state index contributed by atoms with van der Waals surface area (Å²) < 4.78 is 9.38. The van der Waals surface area contributed by atoms with Crippen molar-refractivity contribution in [3.8, 4) is 0 Å². The Labute approximate surface area is 94.0 Å². The van der Waals surface area contributed by atoms with Crippen LogP contribution in [0.4, 0.5) is 10.8 Å². The van der Waals surface area contributed by atoms with Crippen LogP contribution in [0, 0.1) is 0 Å². The third kappa shape index (κ3) is 2.41. The maximum Gasteiger partial charge on any atom is 0.142 e. The highest BCUT2D eigenvalue weighted by molar-refractivity contribution is 7.10. The van der Waals surface area contributed by atoms with Crippen LogP contribution in [-0.2, 0) is 4.74 Å². The standard InChI is InChI=1S/C10H17N3OS/c1-6(14-2)5-12-10-8(7-3-4-7)9(11)13-15-10/h6-7,12H,3-5H2,1-2H3,(H2,11,13). The Hall–Kier alpha value is -0.810. The number of methoxy groups -OCH3 is 1. The largest absolute Gasteiger partial charge is 0.383 e. The van der Waals surface area contributed by atoms with Crippen LogP contribution in [0.25, 0.3) is 0 Å². The van der Waals surface area contributed by atoms with Gasteiger partial charge >= 0.3 is 0 Å². The van der Waals surface area contributed by atoms with E-state index in [9.17, 15) is 0 Å². The maximum atomic E-state index is 5.85. The van der Waals surface area contributed by atoms with E-state index >= 15 is 0 Å². The summed E-state index contributed by atoms with van der Waals surface area (Å²) in [5, 5.41) is 4.48. The van der Waals surface area contributed by atoms with Crippen LogP contribution in [0.1, 0.15) is 31.2 Å². The molecular weight excluding hydrogens is 210 g/mol. The molecular formula is C10H17N3OS. The predicted octanol–water partition coefficient (Wildman–Crippen LogP) is 2.05. The molecule has 0 bridgehead atoms. The molecule has 1 saturated carbocycles. The number of hydrogen-bond donors (Lipinski definition) is 2. The van der Waals surface area contributed by atoms with E-state index in [0.717, 1.165) is 11.5 Å². The van der Waals surface area contributed by atoms with Crippen molar-refractivity contribution in [2.24, 2.45) is 0 Å². The molecule has 1 aromatic rings. The summed E-state index contributed by atoms with van der Waals surface area (Å²) in [6, 6.07) is 0. The lowest BCUT2D eigenvalue weighted by Crippen LogP contribution is -2.18. The van der Waals surface area contributed by atoms with Crippen LogP contribution in [0.15, 0.2) is 0 Å². The van der Waals surface area contributed by atoms with Gasteiger partial charge in [-0.3, -0.25) is 0 Å². The van der Waals surface area contributed by atoms with Gasteiger partial charge in [-0.2, -0.15) is 4.37 Å². The molecule has 2 rings (SSSR count). The van der Waals surface area contributed by atoms with Crippen molar-refractivity contribution >= 4 is 22.4 Å². The van der Waals surface area contributed by atoms with Gasteiger partial charge in [0.1, 0.15) is 10.8 Å². The summed E-state index contributed by atoms with van der Waals surface area (Å²) in [6.45, 7) is 2.84. The van der Waals surface area contributed by atoms with Gasteiger partial charge in [-0.25, -0.2) is 0 Å². The van der Waals surface area contributed by atoms with Crippen LogP contribution in [-0.4, -0.2) is 24.1 Å². The van der Waals surface area contributed by atoms with Crippen molar-refractivity contribution in [3.05, 3.63) is 5.56 Å². The third-order valence-electron chi connectivity index (χ3n) is 2.69. The van der Waals surface area contributed by atoms with Gasteiger partial charge in [-0.1, -0.05) is 0 Å². The van der Waals surface area contributed by atoms with E-state index in [4.69, 9.17) is 10.5 Å². The number of nitrogens with zero attached hydrogens (tertiary/aromatic N) is 1. The molecule has 0 spiro atoms. The van der Waals surface area contributed by atoms with E-state index in [2.05, 4.69) is 9.69 Å². The van der Waals surface area contributed by atoms with Crippen molar-refractivity contribution in [1.29, 1.82) is 0 Å². The first-order valence-corrected chi connectivity index (χ1v) is 6.01. The summed E-state index contributed by atoms with van der Waals surface area (Å²) in [6.07, 6.45) is 2.70. The average Bonchev–Trinajstić information content (AvgIpc) is 3.00. The molecule has 0 amide bonds. The smallest absolute Gasteiger partial charge is 0.142 e. The Morgan fingerprint density at radius 1 is 1.67 bits per heavy atom. The lowest BCUT2D eigenvalue weighted by Gasteiger charge is -2.11. The molecule has 3 N–H and O–H groups in total. The van der Waals surface area contributed by atoms with E-state index in [1.807, 2.05) is 6.92 Å². The molecule has 1 aliphatic rings. The summed E-state index contributed by atoms with van der Waals surface area (Å²) in [5.41, 5.74) is 7.07. The van der Waals surface area contributed by atoms with E-state index < -0.39 is 0 Å². The van der Waals surface area contributed by atoms with Crippen LogP contribution < -0.4 is 11.1 Å². The summed E-state index contributed by atoms with van der Waals surface area (Å²) >= 11 is 1.46. The second-order valence-electron chi connectivity index (χ2n) is 4.01. The van der Waals surface area contributed by atoms with E-state index in [1.54, 1.807) is 7.11 Å². The molecule has 0 saturated heterocycles. The molecule has 84 valence electrons. The van der Waals surface area contributed by atoms with Crippen molar-refractivity contribution in [2.75, 3.05) is 24.7 Å². The Balaban J connectivity index is 2.01. The fourth-order valence-electron chi connectivity index (χ4n) is 1.52. The molecule has 0 aromatic carbocycles. The first-order valence-electron chi connectivity index (χ1n) is 5.24. The Bertz CT molecular complexity index is 335. The number of ether oxygens (including phenoxy) is 1. The zero-order valence-electron chi connectivity index (χ0n) is 9.12. The van der Waals surface area contributed by atoms with E-state index in [0.29, 0.717) is 11.7 Å². The second kappa shape index (κ2) is 4.37. The van der Waals surface area contributed by atoms with Crippen LogP contribution >= 0.6 is 11.5 Å².